The van der Waals surface area contributed by atoms with E-state index in [-0.39, 0.29) is 5.91 Å². The number of aryl methyl sites for hydroxylation is 1. The first-order chi connectivity index (χ1) is 17.5. The Morgan fingerprint density at radius 1 is 1.11 bits per heavy atom. The van der Waals surface area contributed by atoms with Crippen molar-refractivity contribution >= 4 is 28.5 Å². The Morgan fingerprint density at radius 2 is 1.86 bits per heavy atom. The van der Waals surface area contributed by atoms with E-state index in [9.17, 15) is 10.1 Å². The van der Waals surface area contributed by atoms with Crippen LogP contribution in [0, 0.1) is 18.3 Å². The van der Waals surface area contributed by atoms with Crippen LogP contribution in [-0.4, -0.2) is 40.6 Å². The Morgan fingerprint density at radius 3 is 2.58 bits per heavy atom. The highest BCUT2D eigenvalue weighted by Gasteiger charge is 2.20. The summed E-state index contributed by atoms with van der Waals surface area (Å²) in [6.45, 7) is 3.48. The molecule has 0 spiro atoms. The number of likely N-dealkylation sites (N-methyl/N-ethyl adjacent to an activating group) is 1. The molecule has 2 N–H and O–H groups in total. The van der Waals surface area contributed by atoms with Crippen LogP contribution in [0.15, 0.2) is 78.6 Å². The van der Waals surface area contributed by atoms with E-state index in [0.29, 0.717) is 29.2 Å². The van der Waals surface area contributed by atoms with E-state index >= 15 is 0 Å². The number of fused-ring (bicyclic) bond motifs is 1. The van der Waals surface area contributed by atoms with E-state index in [0.717, 1.165) is 41.1 Å². The van der Waals surface area contributed by atoms with Gasteiger partial charge in [0.15, 0.2) is 0 Å². The van der Waals surface area contributed by atoms with Crippen LogP contribution in [0.3, 0.4) is 0 Å². The van der Waals surface area contributed by atoms with Gasteiger partial charge in [-0.25, -0.2) is 4.52 Å². The van der Waals surface area contributed by atoms with Crippen molar-refractivity contribution in [2.75, 3.05) is 30.8 Å². The van der Waals surface area contributed by atoms with Crippen molar-refractivity contribution in [1.82, 2.24) is 14.5 Å². The van der Waals surface area contributed by atoms with Crippen molar-refractivity contribution in [3.8, 4) is 17.6 Å². The molecule has 1 amide bonds. The van der Waals surface area contributed by atoms with Gasteiger partial charge < -0.3 is 20.3 Å². The maximum Gasteiger partial charge on any atom is 0.252 e. The van der Waals surface area contributed by atoms with E-state index in [1.54, 1.807) is 10.7 Å². The maximum absolute atomic E-state index is 12.9. The normalized spacial score (nSPS) is 13.6. The van der Waals surface area contributed by atoms with Gasteiger partial charge in [-0.15, -0.1) is 0 Å². The molecule has 2 aromatic heterocycles. The fourth-order valence-electron chi connectivity index (χ4n) is 4.26. The molecule has 0 saturated carbocycles. The van der Waals surface area contributed by atoms with Crippen LogP contribution in [0.5, 0.6) is 11.5 Å². The highest BCUT2D eigenvalue weighted by atomic mass is 16.5. The smallest absolute Gasteiger partial charge is 0.252 e. The fraction of sp³-hybridized carbons (Fsp3) is 0.179. The second-order valence-corrected chi connectivity index (χ2v) is 8.78. The zero-order valence-electron chi connectivity index (χ0n) is 20.2. The van der Waals surface area contributed by atoms with Crippen LogP contribution < -0.4 is 15.4 Å². The molecule has 0 unspecified atom stereocenters. The largest absolute Gasteiger partial charge is 0.457 e. The Bertz CT molecular complexity index is 1480. The third-order valence-electron chi connectivity index (χ3n) is 6.16. The lowest BCUT2D eigenvalue weighted by Gasteiger charge is -2.22. The predicted octanol–water partition coefficient (Wildman–Crippen LogP) is 5.25. The van der Waals surface area contributed by atoms with Crippen LogP contribution in [0.1, 0.15) is 17.5 Å². The minimum atomic E-state index is -0.121. The number of hydrogen-bond acceptors (Lipinski definition) is 6. The maximum atomic E-state index is 12.9. The van der Waals surface area contributed by atoms with Crippen LogP contribution in [0.2, 0.25) is 0 Å². The van der Waals surface area contributed by atoms with E-state index in [4.69, 9.17) is 4.74 Å². The number of nitriles is 1. The van der Waals surface area contributed by atoms with E-state index in [1.807, 2.05) is 74.6 Å². The number of carbonyl (C=O) groups excluding carboxylic acids is 1. The molecule has 0 saturated heterocycles. The van der Waals surface area contributed by atoms with Crippen molar-refractivity contribution < 1.29 is 9.53 Å². The van der Waals surface area contributed by atoms with Crippen molar-refractivity contribution in [2.24, 2.45) is 0 Å². The van der Waals surface area contributed by atoms with Gasteiger partial charge in [0.05, 0.1) is 34.8 Å². The summed E-state index contributed by atoms with van der Waals surface area (Å²) in [6.07, 6.45) is 6.14. The van der Waals surface area contributed by atoms with Gasteiger partial charge in [0.25, 0.3) is 5.91 Å². The van der Waals surface area contributed by atoms with Crippen LogP contribution in [-0.2, 0) is 4.79 Å². The molecule has 0 fully saturated rings. The van der Waals surface area contributed by atoms with E-state index in [1.165, 1.54) is 6.20 Å². The van der Waals surface area contributed by atoms with Crippen LogP contribution in [0.4, 0.5) is 17.1 Å². The number of ether oxygens (including phenoxy) is 1. The van der Waals surface area contributed by atoms with Gasteiger partial charge in [-0.2, -0.15) is 10.4 Å². The molecule has 1 aliphatic rings. The summed E-state index contributed by atoms with van der Waals surface area (Å²) >= 11 is 0. The molecule has 1 aliphatic heterocycles. The quantitative estimate of drug-likeness (QED) is 0.393. The Kier molecular flexibility index (Phi) is 6.39. The molecule has 0 radical (unpaired) electrons. The number of anilines is 3. The lowest BCUT2D eigenvalue weighted by Crippen LogP contribution is -2.30. The van der Waals surface area contributed by atoms with Crippen molar-refractivity contribution in [2.45, 2.75) is 13.3 Å². The summed E-state index contributed by atoms with van der Waals surface area (Å²) < 4.78 is 7.56. The van der Waals surface area contributed by atoms with Crippen LogP contribution >= 0.6 is 0 Å². The first-order valence-corrected chi connectivity index (χ1v) is 11.7. The number of aromatic nitrogens is 2. The molecule has 2 aromatic carbocycles. The average Bonchev–Trinajstić information content (AvgIpc) is 3.21. The van der Waals surface area contributed by atoms with Crippen LogP contribution in [0.25, 0.3) is 5.52 Å². The molecule has 180 valence electrons. The number of amides is 1. The third-order valence-corrected chi connectivity index (χ3v) is 6.16. The van der Waals surface area contributed by atoms with Gasteiger partial charge in [-0.1, -0.05) is 24.3 Å². The molecule has 5 rings (SSSR count). The fourth-order valence-corrected chi connectivity index (χ4v) is 4.26. The predicted molar refractivity (Wildman–Crippen MR) is 140 cm³/mol. The molecular weight excluding hydrogens is 452 g/mol. The molecule has 8 heteroatoms. The monoisotopic (exact) mass is 478 g/mol. The lowest BCUT2D eigenvalue weighted by atomic mass is 10.1. The summed E-state index contributed by atoms with van der Waals surface area (Å²) in [6, 6.07) is 19.3. The van der Waals surface area contributed by atoms with Gasteiger partial charge in [0.2, 0.25) is 0 Å². The summed E-state index contributed by atoms with van der Waals surface area (Å²) in [5.74, 6) is 1.35. The Balaban J connectivity index is 1.42. The van der Waals surface area contributed by atoms with Crippen molar-refractivity contribution in [1.29, 1.82) is 5.26 Å². The number of nitrogens with one attached hydrogen (secondary N) is 2. The standard InChI is InChI=1S/C28H26N6O2/c1-19-25(32-28(35)20-7-6-14-33(2)17-20)18-34-27(19)26(21(15-29)16-30-34)31-22-10-12-24(13-11-22)36-23-8-4-3-5-9-23/h3-5,7-13,16,18,31H,6,14,17H2,1-2H3,(H,32,35). The number of hydrogen-bond donors (Lipinski definition) is 2. The molecule has 0 aliphatic carbocycles. The Labute approximate surface area is 209 Å². The van der Waals surface area contributed by atoms with Gasteiger partial charge in [0.1, 0.15) is 17.6 Å². The average molecular weight is 479 g/mol. The number of carbonyl (C=O) groups is 1. The molecule has 0 atom stereocenters. The zero-order chi connectivity index (χ0) is 25.1. The van der Waals surface area contributed by atoms with Gasteiger partial charge >= 0.3 is 0 Å². The first-order valence-electron chi connectivity index (χ1n) is 11.7. The number of nitrogens with zero attached hydrogens (tertiary/aromatic N) is 4. The van der Waals surface area contributed by atoms with Crippen molar-refractivity contribution in [3.05, 3.63) is 89.8 Å². The van der Waals surface area contributed by atoms with Crippen molar-refractivity contribution in [3.63, 3.8) is 0 Å². The van der Waals surface area contributed by atoms with Gasteiger partial charge in [-0.05, 0) is 56.8 Å². The second kappa shape index (κ2) is 9.94. The molecule has 3 heterocycles. The third kappa shape index (κ3) is 4.78. The highest BCUT2D eigenvalue weighted by molar-refractivity contribution is 6.05. The highest BCUT2D eigenvalue weighted by Crippen LogP contribution is 2.33. The van der Waals surface area contributed by atoms with Gasteiger partial charge in [0, 0.05) is 29.9 Å². The summed E-state index contributed by atoms with van der Waals surface area (Å²) in [4.78, 5) is 15.0. The molecule has 0 bridgehead atoms. The summed E-state index contributed by atoms with van der Waals surface area (Å²) in [7, 11) is 2.00. The topological polar surface area (TPSA) is 94.7 Å². The zero-order valence-corrected chi connectivity index (χ0v) is 20.2. The molecular formula is C28H26N6O2. The first kappa shape index (κ1) is 23.1. The summed E-state index contributed by atoms with van der Waals surface area (Å²) in [5, 5.41) is 20.5. The minimum absolute atomic E-state index is 0.121. The second-order valence-electron chi connectivity index (χ2n) is 8.78. The molecule has 4 aromatic rings. The number of para-hydroxylation sites is 1. The van der Waals surface area contributed by atoms with Gasteiger partial charge in [-0.3, -0.25) is 4.79 Å². The molecule has 8 nitrogen and oxygen atoms in total. The minimum Gasteiger partial charge on any atom is -0.457 e. The molecule has 36 heavy (non-hydrogen) atoms. The summed E-state index contributed by atoms with van der Waals surface area (Å²) in [5.41, 5.74) is 4.78. The number of benzene rings is 2. The Hall–Kier alpha value is -4.61. The van der Waals surface area contributed by atoms with E-state index in [2.05, 4.69) is 26.7 Å². The number of rotatable bonds is 6. The SMILES string of the molecule is Cc1c(NC(=O)C2=CCCN(C)C2)cn2ncc(C#N)c(Nc3ccc(Oc4ccccc4)cc3)c12. The van der Waals surface area contributed by atoms with E-state index < -0.39 is 0 Å². The lowest BCUT2D eigenvalue weighted by molar-refractivity contribution is -0.113.